The fourth-order valence-electron chi connectivity index (χ4n) is 4.18. The van der Waals surface area contributed by atoms with Crippen LogP contribution in [-0.2, 0) is 23.5 Å². The van der Waals surface area contributed by atoms with E-state index >= 15 is 0 Å². The minimum atomic E-state index is -2.42. The van der Waals surface area contributed by atoms with Gasteiger partial charge in [-0.15, -0.1) is 0 Å². The van der Waals surface area contributed by atoms with Crippen LogP contribution in [-0.4, -0.2) is 47.4 Å². The molecule has 35 heavy (non-hydrogen) atoms. The second-order valence-electron chi connectivity index (χ2n) is 10.8. The number of carbonyl (C=O) groups is 2. The number of H-pyrrole nitrogens is 1. The maximum Gasteiger partial charge on any atom is 0.330 e. The fraction of sp³-hybridized carbons (Fsp3) is 0.760. The topological polar surface area (TPSA) is 117 Å². The minimum absolute atomic E-state index is 0.00771. The van der Waals surface area contributed by atoms with E-state index in [2.05, 4.69) is 38.8 Å². The zero-order chi connectivity index (χ0) is 26.6. The molecule has 0 radical (unpaired) electrons. The second-order valence-corrected chi connectivity index (χ2v) is 15.6. The summed E-state index contributed by atoms with van der Waals surface area (Å²) in [7, 11) is -2.42. The highest BCUT2D eigenvalue weighted by Crippen LogP contribution is 2.48. The summed E-state index contributed by atoms with van der Waals surface area (Å²) in [4.78, 5) is 51.5. The summed E-state index contributed by atoms with van der Waals surface area (Å²) in [5, 5.41) is -0.155. The summed E-state index contributed by atoms with van der Waals surface area (Å²) in [6.07, 6.45) is 1.28. The monoisotopic (exact) mass is 510 g/mol. The van der Waals surface area contributed by atoms with Crippen LogP contribution in [0.15, 0.2) is 21.9 Å². The zero-order valence-corrected chi connectivity index (χ0v) is 23.4. The lowest BCUT2D eigenvalue weighted by Crippen LogP contribution is -2.52. The lowest BCUT2D eigenvalue weighted by Gasteiger charge is -2.41. The summed E-state index contributed by atoms with van der Waals surface area (Å²) in [6, 6.07) is 1.26. The Kier molecular flexibility index (Phi) is 9.46. The first kappa shape index (κ1) is 29.2. The first-order valence-corrected chi connectivity index (χ1v) is 15.5. The van der Waals surface area contributed by atoms with Crippen LogP contribution >= 0.6 is 0 Å². The molecule has 1 aromatic heterocycles. The van der Waals surface area contributed by atoms with Gasteiger partial charge in [-0.3, -0.25) is 23.9 Å². The van der Waals surface area contributed by atoms with Crippen LogP contribution in [0.4, 0.5) is 0 Å². The third-order valence-corrected chi connectivity index (χ3v) is 11.8. The number of hydrogen-bond donors (Lipinski definition) is 1. The highest BCUT2D eigenvalue weighted by Gasteiger charge is 2.59. The molecule has 1 aliphatic heterocycles. The van der Waals surface area contributed by atoms with Crippen LogP contribution in [0, 0.1) is 0 Å². The third-order valence-electron chi connectivity index (χ3n) is 7.35. The quantitative estimate of drug-likeness (QED) is 0.352. The van der Waals surface area contributed by atoms with Gasteiger partial charge in [0.25, 0.3) is 5.56 Å². The fourth-order valence-corrected chi connectivity index (χ4v) is 5.46. The first-order valence-electron chi connectivity index (χ1n) is 12.6. The van der Waals surface area contributed by atoms with E-state index in [1.807, 2.05) is 13.8 Å². The van der Waals surface area contributed by atoms with Crippen LogP contribution < -0.4 is 11.2 Å². The molecule has 1 N–H and O–H groups in total. The van der Waals surface area contributed by atoms with Crippen molar-refractivity contribution in [3.63, 3.8) is 0 Å². The van der Waals surface area contributed by atoms with Gasteiger partial charge in [-0.1, -0.05) is 48.0 Å². The Morgan fingerprint density at radius 1 is 1.17 bits per heavy atom. The number of nitrogens with zero attached hydrogens (tertiary/aromatic N) is 1. The predicted octanol–water partition coefficient (Wildman–Crippen LogP) is 4.08. The van der Waals surface area contributed by atoms with Gasteiger partial charge in [0.2, 0.25) is 0 Å². The predicted molar refractivity (Wildman–Crippen MR) is 136 cm³/mol. The second kappa shape index (κ2) is 11.3. The van der Waals surface area contributed by atoms with E-state index in [1.165, 1.54) is 16.8 Å². The van der Waals surface area contributed by atoms with Crippen molar-refractivity contribution in [2.45, 2.75) is 122 Å². The molecule has 1 fully saturated rings. The zero-order valence-electron chi connectivity index (χ0n) is 22.4. The molecule has 0 aromatic carbocycles. The number of nitrogens with one attached hydrogen (secondary N) is 1. The van der Waals surface area contributed by atoms with Crippen LogP contribution in [0.1, 0.15) is 86.3 Å². The molecule has 198 valence electrons. The molecule has 0 saturated carbocycles. The van der Waals surface area contributed by atoms with Gasteiger partial charge < -0.3 is 13.9 Å². The number of aromatic amines is 1. The van der Waals surface area contributed by atoms with Crippen molar-refractivity contribution in [3.8, 4) is 0 Å². The van der Waals surface area contributed by atoms with Gasteiger partial charge in [0, 0.05) is 25.1 Å². The van der Waals surface area contributed by atoms with Gasteiger partial charge in [-0.05, 0) is 31.0 Å². The molecule has 1 aliphatic rings. The van der Waals surface area contributed by atoms with Crippen molar-refractivity contribution in [3.05, 3.63) is 33.1 Å². The van der Waals surface area contributed by atoms with Crippen molar-refractivity contribution in [1.82, 2.24) is 9.55 Å². The van der Waals surface area contributed by atoms with E-state index < -0.39 is 49.6 Å². The number of ether oxygens (including phenoxy) is 2. The Hall–Kier alpha value is -2.04. The summed E-state index contributed by atoms with van der Waals surface area (Å²) in [5.74, 6) is -0.501. The van der Waals surface area contributed by atoms with E-state index in [-0.39, 0.29) is 23.7 Å². The Morgan fingerprint density at radius 2 is 1.83 bits per heavy atom. The summed E-state index contributed by atoms with van der Waals surface area (Å²) < 4.78 is 20.7. The van der Waals surface area contributed by atoms with Gasteiger partial charge in [0.1, 0.15) is 17.5 Å². The highest BCUT2D eigenvalue weighted by atomic mass is 28.4. The molecule has 0 bridgehead atoms. The number of aromatic nitrogens is 2. The van der Waals surface area contributed by atoms with Gasteiger partial charge >= 0.3 is 11.7 Å². The van der Waals surface area contributed by atoms with Crippen molar-refractivity contribution >= 4 is 20.1 Å². The molecule has 10 heteroatoms. The van der Waals surface area contributed by atoms with Crippen molar-refractivity contribution in [2.75, 3.05) is 0 Å². The standard InChI is InChI=1S/C25H42N2O7Si/c1-9-15-25(11-3)21(32-19(30)13-12-17(28)10-2)20(34-35(7,8)24(4,5)6)22(33-25)27-16-14-18(29)26-23(27)31/h14,16,20-22H,9-13,15H2,1-8H3,(H,26,29,31)/t20-,21?,22+,25-/m0/s1. The molecular weight excluding hydrogens is 468 g/mol. The molecule has 1 unspecified atom stereocenters. The van der Waals surface area contributed by atoms with Crippen molar-refractivity contribution in [2.24, 2.45) is 0 Å². The Bertz CT molecular complexity index is 1010. The van der Waals surface area contributed by atoms with Gasteiger partial charge in [-0.25, -0.2) is 4.79 Å². The van der Waals surface area contributed by atoms with Gasteiger partial charge in [0.15, 0.2) is 20.6 Å². The molecule has 0 spiro atoms. The van der Waals surface area contributed by atoms with E-state index in [9.17, 15) is 19.2 Å². The molecule has 1 saturated heterocycles. The maximum absolute atomic E-state index is 12.9. The summed E-state index contributed by atoms with van der Waals surface area (Å²) >= 11 is 0. The van der Waals surface area contributed by atoms with Gasteiger partial charge in [0.05, 0.1) is 6.42 Å². The Morgan fingerprint density at radius 3 is 2.34 bits per heavy atom. The normalized spacial score (nSPS) is 25.0. The average molecular weight is 511 g/mol. The molecule has 0 aliphatic carbocycles. The largest absolute Gasteiger partial charge is 0.456 e. The molecule has 1 aromatic rings. The van der Waals surface area contributed by atoms with Crippen molar-refractivity contribution in [1.29, 1.82) is 0 Å². The number of hydrogen-bond acceptors (Lipinski definition) is 7. The number of rotatable bonds is 11. The summed E-state index contributed by atoms with van der Waals surface area (Å²) in [5.41, 5.74) is -2.01. The number of Topliss-reactive ketones (excluding diaryl/α,β-unsaturated/α-hetero) is 1. The third kappa shape index (κ3) is 6.59. The molecule has 2 rings (SSSR count). The van der Waals surface area contributed by atoms with Crippen LogP contribution in [0.3, 0.4) is 0 Å². The minimum Gasteiger partial charge on any atom is -0.456 e. The number of esters is 1. The van der Waals surface area contributed by atoms with Crippen molar-refractivity contribution < 1.29 is 23.5 Å². The van der Waals surface area contributed by atoms with Crippen LogP contribution in [0.25, 0.3) is 0 Å². The van der Waals surface area contributed by atoms with Crippen LogP contribution in [0.5, 0.6) is 0 Å². The number of carbonyl (C=O) groups excluding carboxylic acids is 2. The maximum atomic E-state index is 12.9. The van der Waals surface area contributed by atoms with E-state index in [4.69, 9.17) is 13.9 Å². The smallest absolute Gasteiger partial charge is 0.330 e. The van der Waals surface area contributed by atoms with Gasteiger partial charge in [-0.2, -0.15) is 0 Å². The Balaban J connectivity index is 2.59. The molecule has 9 nitrogen and oxygen atoms in total. The van der Waals surface area contributed by atoms with Crippen LogP contribution in [0.2, 0.25) is 18.1 Å². The molecular formula is C25H42N2O7Si. The SMILES string of the molecule is CCC[C@]1(CC)O[C@@H](n2ccc(=O)[nH]c2=O)[C@@H](O[Si](C)(C)C(C)(C)C)C1OC(=O)CCC(=O)CC. The molecule has 4 atom stereocenters. The molecule has 2 heterocycles. The lowest BCUT2D eigenvalue weighted by molar-refractivity contribution is -0.166. The van der Waals surface area contributed by atoms with E-state index in [0.29, 0.717) is 19.3 Å². The average Bonchev–Trinajstić information content (AvgIpc) is 3.04. The Labute approximate surface area is 208 Å². The highest BCUT2D eigenvalue weighted by molar-refractivity contribution is 6.74. The molecule has 0 amide bonds. The van der Waals surface area contributed by atoms with E-state index in [1.54, 1.807) is 6.92 Å². The number of ketones is 1. The first-order chi connectivity index (χ1) is 16.2. The summed E-state index contributed by atoms with van der Waals surface area (Å²) in [6.45, 7) is 16.2. The lowest BCUT2D eigenvalue weighted by atomic mass is 9.87. The van der Waals surface area contributed by atoms with E-state index in [0.717, 1.165) is 6.42 Å².